The molecule has 0 bridgehead atoms. The summed E-state index contributed by atoms with van der Waals surface area (Å²) in [4.78, 5) is 4.87. The van der Waals surface area contributed by atoms with Gasteiger partial charge in [0.25, 0.3) is 0 Å². The van der Waals surface area contributed by atoms with Crippen molar-refractivity contribution < 1.29 is 25.8 Å². The molecule has 0 aliphatic rings. The zero-order chi connectivity index (χ0) is 33.4. The van der Waals surface area contributed by atoms with Crippen LogP contribution in [0, 0.1) is 31.4 Å². The van der Waals surface area contributed by atoms with Gasteiger partial charge >= 0.3 is 21.1 Å². The molecule has 0 aliphatic carbocycles. The molecule has 0 amide bonds. The summed E-state index contributed by atoms with van der Waals surface area (Å²) >= 11 is 0. The van der Waals surface area contributed by atoms with Gasteiger partial charge in [0.15, 0.2) is 0 Å². The molecule has 250 valence electrons. The van der Waals surface area contributed by atoms with Crippen LogP contribution in [-0.2, 0) is 33.9 Å². The number of pyridine rings is 1. The minimum atomic E-state index is 0. The standard InChI is InChI=1S/C43H42N4O.Pt/c1-7-8-13-31-18-21-39-38(24-31)37-20-19-36(27-40(37)46(39)41-25-32(22-23-44-41)28-43(4,5)6)48-35-17-12-16-34(26-35)47-30(3)42(29(2)45-47)33-14-10-9-11-15-33;/h9-12,14-25H,7-8,13,28H2,1-6H3;/q-2;+2. The van der Waals surface area contributed by atoms with E-state index in [9.17, 15) is 0 Å². The van der Waals surface area contributed by atoms with Gasteiger partial charge < -0.3 is 9.30 Å². The number of aromatic nitrogens is 4. The second-order valence-electron chi connectivity index (χ2n) is 14.0. The van der Waals surface area contributed by atoms with Crippen molar-refractivity contribution in [2.75, 3.05) is 0 Å². The van der Waals surface area contributed by atoms with E-state index >= 15 is 0 Å². The molecular formula is C43H42N4OPt. The largest absolute Gasteiger partial charge is 2.00 e. The van der Waals surface area contributed by atoms with Crippen LogP contribution in [0.15, 0.2) is 97.2 Å². The Morgan fingerprint density at radius 3 is 2.37 bits per heavy atom. The summed E-state index contributed by atoms with van der Waals surface area (Å²) in [5, 5.41) is 7.22. The van der Waals surface area contributed by atoms with Gasteiger partial charge in [0, 0.05) is 34.5 Å². The van der Waals surface area contributed by atoms with E-state index in [-0.39, 0.29) is 26.5 Å². The molecule has 0 spiro atoms. The predicted octanol–water partition coefficient (Wildman–Crippen LogP) is 11.0. The monoisotopic (exact) mass is 825 g/mol. The fourth-order valence-corrected chi connectivity index (χ4v) is 6.75. The first kappa shape index (κ1) is 34.4. The molecule has 3 aromatic heterocycles. The molecule has 5 nitrogen and oxygen atoms in total. The van der Waals surface area contributed by atoms with Crippen LogP contribution in [-0.4, -0.2) is 19.3 Å². The van der Waals surface area contributed by atoms with Crippen LogP contribution in [0.2, 0.25) is 0 Å². The van der Waals surface area contributed by atoms with Gasteiger partial charge in [-0.1, -0.05) is 82.1 Å². The first-order valence-electron chi connectivity index (χ1n) is 17.0. The maximum atomic E-state index is 6.48. The normalized spacial score (nSPS) is 11.6. The van der Waals surface area contributed by atoms with Crippen LogP contribution in [0.5, 0.6) is 11.5 Å². The van der Waals surface area contributed by atoms with E-state index in [0.717, 1.165) is 63.3 Å². The maximum absolute atomic E-state index is 6.48. The van der Waals surface area contributed by atoms with Gasteiger partial charge in [0.05, 0.1) is 5.69 Å². The van der Waals surface area contributed by atoms with Crippen LogP contribution in [0.25, 0.3) is 44.4 Å². The first-order chi connectivity index (χ1) is 23.2. The van der Waals surface area contributed by atoms with Crippen molar-refractivity contribution in [3.8, 4) is 34.1 Å². The Kier molecular flexibility index (Phi) is 9.95. The average Bonchev–Trinajstić information content (AvgIpc) is 3.55. The van der Waals surface area contributed by atoms with Gasteiger partial charge in [-0.25, -0.2) is 4.98 Å². The van der Waals surface area contributed by atoms with Crippen LogP contribution in [0.3, 0.4) is 0 Å². The van der Waals surface area contributed by atoms with Crippen LogP contribution in [0.4, 0.5) is 0 Å². The molecule has 0 fully saturated rings. The number of ether oxygens (including phenoxy) is 1. The number of hydrogen-bond donors (Lipinski definition) is 0. The van der Waals surface area contributed by atoms with E-state index in [4.69, 9.17) is 14.8 Å². The zero-order valence-electron chi connectivity index (χ0n) is 29.1. The third-order valence-electron chi connectivity index (χ3n) is 8.86. The molecule has 0 N–H and O–H groups in total. The molecule has 7 aromatic rings. The van der Waals surface area contributed by atoms with Crippen molar-refractivity contribution >= 4 is 21.8 Å². The number of benzene rings is 4. The van der Waals surface area contributed by atoms with E-state index in [2.05, 4.69) is 119 Å². The Morgan fingerprint density at radius 2 is 1.59 bits per heavy atom. The fourth-order valence-electron chi connectivity index (χ4n) is 6.75. The molecule has 0 aliphatic heterocycles. The molecule has 0 saturated heterocycles. The van der Waals surface area contributed by atoms with Crippen LogP contribution < -0.4 is 4.74 Å². The number of unbranched alkanes of at least 4 members (excludes halogenated alkanes) is 1. The minimum absolute atomic E-state index is 0. The molecule has 0 unspecified atom stereocenters. The van der Waals surface area contributed by atoms with Gasteiger partial charge in [-0.05, 0) is 84.5 Å². The molecule has 7 rings (SSSR count). The van der Waals surface area contributed by atoms with E-state index < -0.39 is 0 Å². The summed E-state index contributed by atoms with van der Waals surface area (Å²) in [5.41, 5.74) is 9.99. The Labute approximate surface area is 304 Å². The summed E-state index contributed by atoms with van der Waals surface area (Å²) in [6.45, 7) is 13.2. The molecule has 0 saturated carbocycles. The smallest absolute Gasteiger partial charge is 0.509 e. The topological polar surface area (TPSA) is 44.9 Å². The molecular weight excluding hydrogens is 784 g/mol. The van der Waals surface area contributed by atoms with Crippen molar-refractivity contribution in [3.63, 3.8) is 0 Å². The van der Waals surface area contributed by atoms with Gasteiger partial charge in [0.2, 0.25) is 0 Å². The fraction of sp³-hybridized carbons (Fsp3) is 0.256. The van der Waals surface area contributed by atoms with Gasteiger partial charge in [0.1, 0.15) is 5.82 Å². The Bertz CT molecular complexity index is 2240. The number of rotatable bonds is 9. The minimum Gasteiger partial charge on any atom is -0.509 e. The van der Waals surface area contributed by atoms with E-state index in [1.165, 1.54) is 29.4 Å². The summed E-state index contributed by atoms with van der Waals surface area (Å²) in [5.74, 6) is 2.11. The number of hydrogen-bond acceptors (Lipinski definition) is 3. The third-order valence-corrected chi connectivity index (χ3v) is 8.86. The number of nitrogens with zero attached hydrogens (tertiary/aromatic N) is 4. The van der Waals surface area contributed by atoms with Crippen molar-refractivity contribution in [2.45, 2.75) is 67.2 Å². The Morgan fingerprint density at radius 1 is 0.796 bits per heavy atom. The van der Waals surface area contributed by atoms with Gasteiger partial charge in [-0.3, -0.25) is 4.68 Å². The Hall–Kier alpha value is -4.47. The van der Waals surface area contributed by atoms with E-state index in [1.807, 2.05) is 41.2 Å². The average molecular weight is 826 g/mol. The van der Waals surface area contributed by atoms with Gasteiger partial charge in [-0.15, -0.1) is 35.7 Å². The van der Waals surface area contributed by atoms with Crippen molar-refractivity contribution in [1.82, 2.24) is 19.3 Å². The summed E-state index contributed by atoms with van der Waals surface area (Å²) in [6.07, 6.45) is 6.30. The summed E-state index contributed by atoms with van der Waals surface area (Å²) in [6, 6.07) is 38.7. The molecule has 6 heteroatoms. The quantitative estimate of drug-likeness (QED) is 0.136. The SMILES string of the molecule is CCCCc1ccc2c(c1)c1ccc(Oc3[c-]c(-n4nc(C)c(-c5ccccc5)c4C)ccc3)[c-]c1n2-c1cc(CC(C)(C)C)ccn1.[Pt+2]. The molecule has 49 heavy (non-hydrogen) atoms. The maximum Gasteiger partial charge on any atom is 2.00 e. The molecule has 0 radical (unpaired) electrons. The van der Waals surface area contributed by atoms with Crippen molar-refractivity contribution in [2.24, 2.45) is 5.41 Å². The third kappa shape index (κ3) is 7.14. The van der Waals surface area contributed by atoms with Crippen LogP contribution in [0.1, 0.15) is 63.1 Å². The summed E-state index contributed by atoms with van der Waals surface area (Å²) < 4.78 is 10.7. The van der Waals surface area contributed by atoms with E-state index in [1.54, 1.807) is 0 Å². The molecule has 0 atom stereocenters. The van der Waals surface area contributed by atoms with Gasteiger partial charge in [-0.2, -0.15) is 17.2 Å². The molecule has 3 heterocycles. The Balaban J connectivity index is 0.00000417. The number of aryl methyl sites for hydroxylation is 2. The number of fused-ring (bicyclic) bond motifs is 3. The second-order valence-corrected chi connectivity index (χ2v) is 14.0. The van der Waals surface area contributed by atoms with Crippen molar-refractivity contribution in [1.29, 1.82) is 0 Å². The first-order valence-corrected chi connectivity index (χ1v) is 17.0. The van der Waals surface area contributed by atoms with E-state index in [0.29, 0.717) is 11.5 Å². The van der Waals surface area contributed by atoms with Crippen molar-refractivity contribution in [3.05, 3.63) is 132 Å². The summed E-state index contributed by atoms with van der Waals surface area (Å²) in [7, 11) is 0. The van der Waals surface area contributed by atoms with Crippen LogP contribution >= 0.6 is 0 Å². The predicted molar refractivity (Wildman–Crippen MR) is 197 cm³/mol. The second kappa shape index (κ2) is 14.2. The molecule has 4 aromatic carbocycles. The zero-order valence-corrected chi connectivity index (χ0v) is 31.4.